The number of carbonyl (C=O) groups is 1. The molecule has 118 valence electrons. The largest absolute Gasteiger partial charge is 0.461 e. The van der Waals surface area contributed by atoms with Crippen LogP contribution in [-0.4, -0.2) is 11.2 Å². The number of aromatic nitrogens is 1. The molecule has 2 aromatic heterocycles. The predicted molar refractivity (Wildman–Crippen MR) is 83.9 cm³/mol. The zero-order chi connectivity index (χ0) is 16.2. The van der Waals surface area contributed by atoms with E-state index in [2.05, 4.69) is 10.5 Å². The van der Waals surface area contributed by atoms with Gasteiger partial charge in [0.1, 0.15) is 17.5 Å². The van der Waals surface area contributed by atoms with Crippen LogP contribution in [0, 0.1) is 6.92 Å². The summed E-state index contributed by atoms with van der Waals surface area (Å²) in [6.07, 6.45) is 0.566. The van der Waals surface area contributed by atoms with E-state index in [1.165, 1.54) is 6.26 Å². The number of aryl methyl sites for hydroxylation is 1. The normalized spacial score (nSPS) is 11.9. The van der Waals surface area contributed by atoms with Gasteiger partial charge in [-0.25, -0.2) is 4.79 Å². The number of hydrogen-bond acceptors (Lipinski definition) is 5. The number of nitrogens with one attached hydrogen (secondary N) is 1. The first kappa shape index (κ1) is 14.9. The molecule has 23 heavy (non-hydrogen) atoms. The molecule has 1 amide bonds. The zero-order valence-corrected chi connectivity index (χ0v) is 12.8. The first-order valence-corrected chi connectivity index (χ1v) is 7.18. The van der Waals surface area contributed by atoms with Gasteiger partial charge in [0.15, 0.2) is 5.76 Å². The number of anilines is 1. The molecule has 0 bridgehead atoms. The molecule has 0 aliphatic carbocycles. The average molecular weight is 312 g/mol. The smallest absolute Gasteiger partial charge is 0.412 e. The van der Waals surface area contributed by atoms with E-state index in [1.807, 2.05) is 37.3 Å². The molecule has 0 saturated carbocycles. The highest BCUT2D eigenvalue weighted by molar-refractivity contribution is 5.90. The van der Waals surface area contributed by atoms with Crippen LogP contribution in [0.15, 0.2) is 57.7 Å². The standard InChI is InChI=1S/C17H16N2O4/c1-11-15(16(23-19-11)14-9-6-10-21-14)18-17(20)22-12(2)13-7-4-3-5-8-13/h3-10,12H,1-2H3,(H,18,20). The molecule has 0 aliphatic heterocycles. The third-order valence-electron chi connectivity index (χ3n) is 3.39. The molecule has 1 aromatic carbocycles. The van der Waals surface area contributed by atoms with Crippen molar-refractivity contribution in [3.63, 3.8) is 0 Å². The highest BCUT2D eigenvalue weighted by atomic mass is 16.6. The lowest BCUT2D eigenvalue weighted by Crippen LogP contribution is -2.16. The second-order valence-electron chi connectivity index (χ2n) is 5.03. The Kier molecular flexibility index (Phi) is 4.14. The highest BCUT2D eigenvalue weighted by Gasteiger charge is 2.21. The zero-order valence-electron chi connectivity index (χ0n) is 12.8. The minimum Gasteiger partial charge on any atom is -0.461 e. The number of benzene rings is 1. The predicted octanol–water partition coefficient (Wildman–Crippen LogP) is 4.55. The van der Waals surface area contributed by atoms with Crippen LogP contribution < -0.4 is 5.32 Å². The SMILES string of the molecule is Cc1noc(-c2ccco2)c1NC(=O)OC(C)c1ccccc1. The van der Waals surface area contributed by atoms with Crippen molar-refractivity contribution < 1.29 is 18.5 Å². The number of rotatable bonds is 4. The fourth-order valence-electron chi connectivity index (χ4n) is 2.18. The number of amides is 1. The van der Waals surface area contributed by atoms with E-state index >= 15 is 0 Å². The van der Waals surface area contributed by atoms with Gasteiger partial charge in [0.2, 0.25) is 5.76 Å². The molecule has 1 atom stereocenters. The minimum atomic E-state index is -0.583. The number of ether oxygens (including phenoxy) is 1. The molecule has 0 saturated heterocycles. The van der Waals surface area contributed by atoms with Crippen LogP contribution in [-0.2, 0) is 4.74 Å². The van der Waals surface area contributed by atoms with E-state index in [0.717, 1.165) is 5.56 Å². The van der Waals surface area contributed by atoms with Crippen molar-refractivity contribution in [2.45, 2.75) is 20.0 Å². The van der Waals surface area contributed by atoms with Crippen molar-refractivity contribution in [2.24, 2.45) is 0 Å². The van der Waals surface area contributed by atoms with Gasteiger partial charge >= 0.3 is 6.09 Å². The summed E-state index contributed by atoms with van der Waals surface area (Å²) in [5, 5.41) is 6.53. The van der Waals surface area contributed by atoms with Gasteiger partial charge in [0, 0.05) is 0 Å². The van der Waals surface area contributed by atoms with E-state index in [0.29, 0.717) is 22.9 Å². The minimum absolute atomic E-state index is 0.358. The number of furan rings is 1. The summed E-state index contributed by atoms with van der Waals surface area (Å²) in [5.74, 6) is 0.842. The third kappa shape index (κ3) is 3.26. The van der Waals surface area contributed by atoms with Crippen molar-refractivity contribution in [3.05, 3.63) is 60.0 Å². The Morgan fingerprint density at radius 2 is 2.00 bits per heavy atom. The lowest BCUT2D eigenvalue weighted by Gasteiger charge is -2.14. The van der Waals surface area contributed by atoms with Gasteiger partial charge in [0.05, 0.1) is 6.26 Å². The fraction of sp³-hybridized carbons (Fsp3) is 0.176. The molecule has 0 radical (unpaired) electrons. The van der Waals surface area contributed by atoms with Crippen LogP contribution >= 0.6 is 0 Å². The van der Waals surface area contributed by atoms with Crippen LogP contribution in [0.5, 0.6) is 0 Å². The first-order chi connectivity index (χ1) is 11.1. The highest BCUT2D eigenvalue weighted by Crippen LogP contribution is 2.31. The molecule has 0 fully saturated rings. The van der Waals surface area contributed by atoms with Crippen LogP contribution in [0.2, 0.25) is 0 Å². The molecule has 6 nitrogen and oxygen atoms in total. The van der Waals surface area contributed by atoms with Gasteiger partial charge < -0.3 is 13.7 Å². The second kappa shape index (κ2) is 6.39. The molecule has 1 unspecified atom stereocenters. The second-order valence-corrected chi connectivity index (χ2v) is 5.03. The van der Waals surface area contributed by atoms with Gasteiger partial charge in [-0.05, 0) is 31.5 Å². The summed E-state index contributed by atoms with van der Waals surface area (Å²) in [6, 6.07) is 13.0. The summed E-state index contributed by atoms with van der Waals surface area (Å²) < 4.78 is 15.9. The maximum atomic E-state index is 12.1. The maximum absolute atomic E-state index is 12.1. The maximum Gasteiger partial charge on any atom is 0.412 e. The van der Waals surface area contributed by atoms with Crippen molar-refractivity contribution in [2.75, 3.05) is 5.32 Å². The van der Waals surface area contributed by atoms with Crippen molar-refractivity contribution in [1.29, 1.82) is 0 Å². The Balaban J connectivity index is 1.73. The summed E-state index contributed by atoms with van der Waals surface area (Å²) >= 11 is 0. The van der Waals surface area contributed by atoms with Crippen LogP contribution in [0.1, 0.15) is 24.3 Å². The monoisotopic (exact) mass is 312 g/mol. The van der Waals surface area contributed by atoms with E-state index in [9.17, 15) is 4.79 Å². The molecular weight excluding hydrogens is 296 g/mol. The molecule has 3 aromatic rings. The molecule has 6 heteroatoms. The van der Waals surface area contributed by atoms with Gasteiger partial charge in [-0.1, -0.05) is 35.5 Å². The Labute approximate surface area is 133 Å². The fourth-order valence-corrected chi connectivity index (χ4v) is 2.18. The summed E-state index contributed by atoms with van der Waals surface area (Å²) in [4.78, 5) is 12.1. The lowest BCUT2D eigenvalue weighted by molar-refractivity contribution is 0.121. The Hall–Kier alpha value is -3.02. The van der Waals surface area contributed by atoms with Gasteiger partial charge in [-0.2, -0.15) is 0 Å². The van der Waals surface area contributed by atoms with Crippen molar-refractivity contribution in [1.82, 2.24) is 5.16 Å². The summed E-state index contributed by atoms with van der Waals surface area (Å²) in [7, 11) is 0. The van der Waals surface area contributed by atoms with E-state index in [-0.39, 0.29) is 6.10 Å². The van der Waals surface area contributed by atoms with E-state index in [4.69, 9.17) is 13.7 Å². The molecule has 0 aliphatic rings. The van der Waals surface area contributed by atoms with E-state index in [1.54, 1.807) is 19.1 Å². The number of hydrogen-bond donors (Lipinski definition) is 1. The Morgan fingerprint density at radius 1 is 1.22 bits per heavy atom. The quantitative estimate of drug-likeness (QED) is 0.764. The van der Waals surface area contributed by atoms with Crippen LogP contribution in [0.25, 0.3) is 11.5 Å². The van der Waals surface area contributed by atoms with E-state index < -0.39 is 6.09 Å². The number of carbonyl (C=O) groups excluding carboxylic acids is 1. The Morgan fingerprint density at radius 3 is 2.70 bits per heavy atom. The van der Waals surface area contributed by atoms with Crippen molar-refractivity contribution >= 4 is 11.8 Å². The van der Waals surface area contributed by atoms with Gasteiger partial charge in [0.25, 0.3) is 0 Å². The summed E-state index contributed by atoms with van der Waals surface area (Å²) in [5.41, 5.74) is 1.89. The Bertz CT molecular complexity index is 778. The van der Waals surface area contributed by atoms with Gasteiger partial charge in [-0.3, -0.25) is 5.32 Å². The third-order valence-corrected chi connectivity index (χ3v) is 3.39. The first-order valence-electron chi connectivity index (χ1n) is 7.18. The van der Waals surface area contributed by atoms with Crippen molar-refractivity contribution in [3.8, 4) is 11.5 Å². The average Bonchev–Trinajstić information content (AvgIpc) is 3.19. The summed E-state index contributed by atoms with van der Waals surface area (Å²) in [6.45, 7) is 3.54. The van der Waals surface area contributed by atoms with Crippen LogP contribution in [0.4, 0.5) is 10.5 Å². The molecular formula is C17H16N2O4. The number of nitrogens with zero attached hydrogens (tertiary/aromatic N) is 1. The molecule has 1 N–H and O–H groups in total. The lowest BCUT2D eigenvalue weighted by atomic mass is 10.1. The van der Waals surface area contributed by atoms with Crippen LogP contribution in [0.3, 0.4) is 0 Å². The van der Waals surface area contributed by atoms with Gasteiger partial charge in [-0.15, -0.1) is 0 Å². The molecule has 3 rings (SSSR count). The topological polar surface area (TPSA) is 77.5 Å². The molecule has 2 heterocycles. The molecule has 0 spiro atoms.